The predicted octanol–water partition coefficient (Wildman–Crippen LogP) is 2.63. The Morgan fingerprint density at radius 3 is 2.71 bits per heavy atom. The van der Waals surface area contributed by atoms with E-state index in [-0.39, 0.29) is 0 Å². The molecule has 2 heteroatoms. The Bertz CT molecular complexity index is 282. The summed E-state index contributed by atoms with van der Waals surface area (Å²) >= 11 is 0. The first-order chi connectivity index (χ1) is 6.79. The van der Waals surface area contributed by atoms with Crippen molar-refractivity contribution in [1.82, 2.24) is 9.88 Å². The number of rotatable bonds is 2. The molecule has 2 nitrogen and oxygen atoms in total. The summed E-state index contributed by atoms with van der Waals surface area (Å²) < 4.78 is 0. The summed E-state index contributed by atoms with van der Waals surface area (Å²) in [7, 11) is 0. The van der Waals surface area contributed by atoms with Crippen LogP contribution in [0.5, 0.6) is 0 Å². The lowest BCUT2D eigenvalue weighted by atomic mass is 10.1. The third-order valence-electron chi connectivity index (χ3n) is 3.05. The second-order valence-corrected chi connectivity index (χ2v) is 4.27. The molecule has 0 N–H and O–H groups in total. The van der Waals surface area contributed by atoms with Crippen LogP contribution in [0.4, 0.5) is 0 Å². The Morgan fingerprint density at radius 2 is 2.07 bits per heavy atom. The first-order valence-electron chi connectivity index (χ1n) is 5.44. The van der Waals surface area contributed by atoms with E-state index in [0.717, 1.165) is 0 Å². The van der Waals surface area contributed by atoms with Crippen molar-refractivity contribution in [2.75, 3.05) is 6.54 Å². The molecule has 0 spiro atoms. The third-order valence-corrected chi connectivity index (χ3v) is 3.05. The molecule has 1 fully saturated rings. The lowest BCUT2D eigenvalue weighted by molar-refractivity contribution is 0.205. The summed E-state index contributed by atoms with van der Waals surface area (Å²) in [5.74, 6) is 0. The van der Waals surface area contributed by atoms with Crippen LogP contribution in [0, 0.1) is 0 Å². The fraction of sp³-hybridized carbons (Fsp3) is 0.583. The largest absolute Gasteiger partial charge is 0.294 e. The minimum atomic E-state index is 0.623. The van der Waals surface area contributed by atoms with Crippen LogP contribution in [0.1, 0.15) is 38.3 Å². The van der Waals surface area contributed by atoms with Crippen LogP contribution in [-0.4, -0.2) is 22.5 Å². The van der Waals surface area contributed by atoms with Gasteiger partial charge in [0.1, 0.15) is 0 Å². The Labute approximate surface area is 86.0 Å². The molecule has 0 aromatic carbocycles. The van der Waals surface area contributed by atoms with Crippen molar-refractivity contribution in [2.24, 2.45) is 0 Å². The molecule has 0 aliphatic carbocycles. The fourth-order valence-electron chi connectivity index (χ4n) is 2.35. The molecule has 0 saturated carbocycles. The normalized spacial score (nSPS) is 23.2. The molecule has 2 rings (SSSR count). The highest BCUT2D eigenvalue weighted by atomic mass is 15.2. The van der Waals surface area contributed by atoms with Crippen LogP contribution in [-0.2, 0) is 0 Å². The summed E-state index contributed by atoms with van der Waals surface area (Å²) in [4.78, 5) is 6.65. The second kappa shape index (κ2) is 4.09. The molecule has 0 bridgehead atoms. The van der Waals surface area contributed by atoms with E-state index in [9.17, 15) is 0 Å². The van der Waals surface area contributed by atoms with E-state index in [1.807, 2.05) is 12.4 Å². The highest BCUT2D eigenvalue weighted by Crippen LogP contribution is 2.32. The minimum Gasteiger partial charge on any atom is -0.294 e. The van der Waals surface area contributed by atoms with Crippen LogP contribution >= 0.6 is 0 Å². The summed E-state index contributed by atoms with van der Waals surface area (Å²) in [6.07, 6.45) is 6.41. The van der Waals surface area contributed by atoms with Crippen molar-refractivity contribution < 1.29 is 0 Å². The number of hydrogen-bond donors (Lipinski definition) is 0. The van der Waals surface area contributed by atoms with Crippen LogP contribution < -0.4 is 0 Å². The van der Waals surface area contributed by atoms with Gasteiger partial charge in [-0.15, -0.1) is 0 Å². The van der Waals surface area contributed by atoms with Gasteiger partial charge in [-0.3, -0.25) is 9.88 Å². The van der Waals surface area contributed by atoms with E-state index >= 15 is 0 Å². The number of aromatic nitrogens is 1. The fourth-order valence-corrected chi connectivity index (χ4v) is 2.35. The van der Waals surface area contributed by atoms with Gasteiger partial charge in [0.2, 0.25) is 0 Å². The van der Waals surface area contributed by atoms with Crippen molar-refractivity contribution in [1.29, 1.82) is 0 Å². The molecular weight excluding hydrogens is 172 g/mol. The molecular formula is C12H18N2. The van der Waals surface area contributed by atoms with Gasteiger partial charge in [0.05, 0.1) is 0 Å². The Hall–Kier alpha value is -0.890. The predicted molar refractivity (Wildman–Crippen MR) is 58.1 cm³/mol. The number of nitrogens with zero attached hydrogens (tertiary/aromatic N) is 2. The monoisotopic (exact) mass is 190 g/mol. The van der Waals surface area contributed by atoms with E-state index in [2.05, 4.69) is 35.9 Å². The highest BCUT2D eigenvalue weighted by molar-refractivity contribution is 5.16. The maximum atomic E-state index is 4.07. The molecule has 0 radical (unpaired) electrons. The number of pyridine rings is 1. The van der Waals surface area contributed by atoms with E-state index < -0.39 is 0 Å². The van der Waals surface area contributed by atoms with Crippen molar-refractivity contribution in [3.05, 3.63) is 30.1 Å². The molecule has 76 valence electrons. The van der Waals surface area contributed by atoms with Gasteiger partial charge in [0.25, 0.3) is 0 Å². The Morgan fingerprint density at radius 1 is 1.36 bits per heavy atom. The van der Waals surface area contributed by atoms with Crippen LogP contribution in [0.3, 0.4) is 0 Å². The summed E-state index contributed by atoms with van der Waals surface area (Å²) in [5, 5.41) is 0. The highest BCUT2D eigenvalue weighted by Gasteiger charge is 2.27. The van der Waals surface area contributed by atoms with Gasteiger partial charge in [0, 0.05) is 24.5 Å². The molecule has 1 saturated heterocycles. The lowest BCUT2D eigenvalue weighted by Gasteiger charge is -2.28. The summed E-state index contributed by atoms with van der Waals surface area (Å²) in [6, 6.07) is 5.56. The first kappa shape index (κ1) is 9.66. The zero-order valence-electron chi connectivity index (χ0n) is 8.98. The van der Waals surface area contributed by atoms with Gasteiger partial charge in [-0.25, -0.2) is 0 Å². The summed E-state index contributed by atoms with van der Waals surface area (Å²) in [5.41, 5.74) is 1.42. The summed E-state index contributed by atoms with van der Waals surface area (Å²) in [6.45, 7) is 5.80. The molecule has 1 aliphatic heterocycles. The molecule has 1 atom stereocenters. The van der Waals surface area contributed by atoms with Crippen LogP contribution in [0.25, 0.3) is 0 Å². The third kappa shape index (κ3) is 1.80. The van der Waals surface area contributed by atoms with E-state index in [1.165, 1.54) is 24.9 Å². The van der Waals surface area contributed by atoms with Gasteiger partial charge in [0.15, 0.2) is 0 Å². The Kier molecular flexibility index (Phi) is 2.82. The van der Waals surface area contributed by atoms with E-state index in [4.69, 9.17) is 0 Å². The van der Waals surface area contributed by atoms with Gasteiger partial charge >= 0.3 is 0 Å². The van der Waals surface area contributed by atoms with Gasteiger partial charge in [-0.05, 0) is 50.9 Å². The lowest BCUT2D eigenvalue weighted by Crippen LogP contribution is -2.30. The SMILES string of the molecule is CC(C)N1CCCC1c1ccncc1. The number of likely N-dealkylation sites (tertiary alicyclic amines) is 1. The molecule has 1 aromatic rings. The van der Waals surface area contributed by atoms with Crippen molar-refractivity contribution in [3.8, 4) is 0 Å². The molecule has 1 unspecified atom stereocenters. The topological polar surface area (TPSA) is 16.1 Å². The first-order valence-corrected chi connectivity index (χ1v) is 5.44. The maximum Gasteiger partial charge on any atom is 0.0352 e. The molecule has 14 heavy (non-hydrogen) atoms. The molecule has 1 aliphatic rings. The van der Waals surface area contributed by atoms with Gasteiger partial charge in [-0.1, -0.05) is 0 Å². The van der Waals surface area contributed by atoms with E-state index in [1.54, 1.807) is 0 Å². The number of hydrogen-bond acceptors (Lipinski definition) is 2. The molecule has 2 heterocycles. The van der Waals surface area contributed by atoms with Crippen molar-refractivity contribution in [2.45, 2.75) is 38.8 Å². The minimum absolute atomic E-state index is 0.623. The van der Waals surface area contributed by atoms with Gasteiger partial charge in [-0.2, -0.15) is 0 Å². The zero-order chi connectivity index (χ0) is 9.97. The van der Waals surface area contributed by atoms with Gasteiger partial charge < -0.3 is 0 Å². The molecule has 0 amide bonds. The Balaban J connectivity index is 2.18. The van der Waals surface area contributed by atoms with E-state index in [0.29, 0.717) is 12.1 Å². The average Bonchev–Trinajstić information content (AvgIpc) is 2.67. The quantitative estimate of drug-likeness (QED) is 0.712. The second-order valence-electron chi connectivity index (χ2n) is 4.27. The smallest absolute Gasteiger partial charge is 0.0352 e. The van der Waals surface area contributed by atoms with Crippen LogP contribution in [0.2, 0.25) is 0 Å². The zero-order valence-corrected chi connectivity index (χ0v) is 8.98. The van der Waals surface area contributed by atoms with Crippen molar-refractivity contribution >= 4 is 0 Å². The molecule has 1 aromatic heterocycles. The average molecular weight is 190 g/mol. The van der Waals surface area contributed by atoms with Crippen LogP contribution in [0.15, 0.2) is 24.5 Å². The van der Waals surface area contributed by atoms with Crippen molar-refractivity contribution in [3.63, 3.8) is 0 Å². The maximum absolute atomic E-state index is 4.07. The standard InChI is InChI=1S/C12H18N2/c1-10(2)14-9-3-4-12(14)11-5-7-13-8-6-11/h5-8,10,12H,3-4,9H2,1-2H3.